The van der Waals surface area contributed by atoms with Gasteiger partial charge in [0.25, 0.3) is 0 Å². The van der Waals surface area contributed by atoms with Gasteiger partial charge in [-0.2, -0.15) is 13.2 Å². The van der Waals surface area contributed by atoms with Crippen LogP contribution >= 0.6 is 0 Å². The van der Waals surface area contributed by atoms with Gasteiger partial charge in [0.1, 0.15) is 0 Å². The summed E-state index contributed by atoms with van der Waals surface area (Å²) in [5.41, 5.74) is 4.74. The summed E-state index contributed by atoms with van der Waals surface area (Å²) in [4.78, 5) is 24.6. The van der Waals surface area contributed by atoms with Gasteiger partial charge in [0, 0.05) is 25.6 Å². The minimum absolute atomic E-state index is 0.194. The van der Waals surface area contributed by atoms with Gasteiger partial charge >= 0.3 is 6.18 Å². The maximum Gasteiger partial charge on any atom is 0.416 e. The molecular weight excluding hydrogens is 321 g/mol. The first-order valence-corrected chi connectivity index (χ1v) is 7.68. The summed E-state index contributed by atoms with van der Waals surface area (Å²) < 4.78 is 38.0. The van der Waals surface area contributed by atoms with Crippen molar-refractivity contribution >= 4 is 17.9 Å². The van der Waals surface area contributed by atoms with Crippen molar-refractivity contribution in [3.8, 4) is 0 Å². The monoisotopic (exact) mass is 340 g/mol. The first-order chi connectivity index (χ1) is 11.3. The Morgan fingerprint density at radius 3 is 2.50 bits per heavy atom. The molecule has 0 atom stereocenters. The number of rotatable bonds is 4. The van der Waals surface area contributed by atoms with Gasteiger partial charge in [-0.1, -0.05) is 12.1 Å². The number of carbonyl (C=O) groups excluding carboxylic acids is 2. The van der Waals surface area contributed by atoms with Gasteiger partial charge < -0.3 is 10.6 Å². The summed E-state index contributed by atoms with van der Waals surface area (Å²) in [6.45, 7) is 1.04. The van der Waals surface area contributed by atoms with E-state index in [-0.39, 0.29) is 17.7 Å². The van der Waals surface area contributed by atoms with Gasteiger partial charge in [-0.05, 0) is 42.5 Å². The van der Waals surface area contributed by atoms with Gasteiger partial charge in [0.2, 0.25) is 11.8 Å². The fraction of sp³-hybridized carbons (Fsp3) is 0.412. The maximum atomic E-state index is 12.7. The smallest absolute Gasteiger partial charge is 0.370 e. The van der Waals surface area contributed by atoms with E-state index >= 15 is 0 Å². The van der Waals surface area contributed by atoms with Crippen molar-refractivity contribution < 1.29 is 22.8 Å². The van der Waals surface area contributed by atoms with E-state index < -0.39 is 11.7 Å². The summed E-state index contributed by atoms with van der Waals surface area (Å²) in [7, 11) is 0. The third kappa shape index (κ3) is 5.11. The van der Waals surface area contributed by atoms with Crippen LogP contribution in [-0.2, 0) is 15.8 Å². The second-order valence-corrected chi connectivity index (χ2v) is 5.90. The molecule has 4 nitrogen and oxygen atoms in total. The molecule has 2 rings (SSSR count). The number of benzene rings is 1. The number of nitrogens with two attached hydrogens (primary N) is 1. The van der Waals surface area contributed by atoms with Crippen LogP contribution in [0.5, 0.6) is 0 Å². The zero-order valence-electron chi connectivity index (χ0n) is 13.1. The molecule has 1 saturated heterocycles. The molecule has 1 heterocycles. The molecular formula is C17H19F3N2O2. The lowest BCUT2D eigenvalue weighted by molar-refractivity contribution is -0.137. The molecule has 0 unspecified atom stereocenters. The number of nitrogens with zero attached hydrogens (tertiary/aromatic N) is 1. The molecule has 24 heavy (non-hydrogen) atoms. The molecule has 1 aliphatic rings. The second-order valence-electron chi connectivity index (χ2n) is 5.90. The quantitative estimate of drug-likeness (QED) is 0.857. The fourth-order valence-corrected chi connectivity index (χ4v) is 2.73. The number of amides is 2. The number of likely N-dealkylation sites (tertiary alicyclic amines) is 1. The summed E-state index contributed by atoms with van der Waals surface area (Å²) in [5, 5.41) is 0. The molecule has 0 aliphatic carbocycles. The van der Waals surface area contributed by atoms with Crippen LogP contribution in [-0.4, -0.2) is 29.8 Å². The number of hydrogen-bond acceptors (Lipinski definition) is 2. The van der Waals surface area contributed by atoms with Gasteiger partial charge in [-0.15, -0.1) is 0 Å². The van der Waals surface area contributed by atoms with E-state index in [9.17, 15) is 22.8 Å². The van der Waals surface area contributed by atoms with Crippen LogP contribution < -0.4 is 5.73 Å². The van der Waals surface area contributed by atoms with E-state index in [0.717, 1.165) is 12.1 Å². The summed E-state index contributed by atoms with van der Waals surface area (Å²) in [5.74, 6) is -0.395. The number of piperidine rings is 1. The van der Waals surface area contributed by atoms with Crippen LogP contribution in [0.1, 0.15) is 30.4 Å². The summed E-state index contributed by atoms with van der Waals surface area (Å²) in [6, 6.07) is 4.81. The Morgan fingerprint density at radius 2 is 1.92 bits per heavy atom. The third-order valence-corrected chi connectivity index (χ3v) is 4.05. The highest BCUT2D eigenvalue weighted by molar-refractivity contribution is 5.91. The predicted molar refractivity (Wildman–Crippen MR) is 83.6 cm³/mol. The molecule has 1 fully saturated rings. The SMILES string of the molecule is NC(=O)CC1CCN(C(=O)/C=C/c2cccc(C(F)(F)F)c2)CC1. The number of alkyl halides is 3. The van der Waals surface area contributed by atoms with E-state index in [1.807, 2.05) is 0 Å². The normalized spacial score (nSPS) is 16.5. The van der Waals surface area contributed by atoms with Gasteiger partial charge in [-0.25, -0.2) is 0 Å². The van der Waals surface area contributed by atoms with Crippen LogP contribution in [0.25, 0.3) is 6.08 Å². The first kappa shape index (κ1) is 18.0. The molecule has 0 aromatic heterocycles. The highest BCUT2D eigenvalue weighted by atomic mass is 19.4. The average molecular weight is 340 g/mol. The Bertz CT molecular complexity index is 633. The lowest BCUT2D eigenvalue weighted by Crippen LogP contribution is -2.38. The van der Waals surface area contributed by atoms with Crippen molar-refractivity contribution in [2.45, 2.75) is 25.4 Å². The highest BCUT2D eigenvalue weighted by Gasteiger charge is 2.30. The maximum absolute atomic E-state index is 12.7. The van der Waals surface area contributed by atoms with E-state index in [1.165, 1.54) is 24.3 Å². The van der Waals surface area contributed by atoms with Crippen LogP contribution in [0.2, 0.25) is 0 Å². The summed E-state index contributed by atoms with van der Waals surface area (Å²) in [6.07, 6.45) is -0.0204. The average Bonchev–Trinajstić information content (AvgIpc) is 2.52. The molecule has 1 aliphatic heterocycles. The van der Waals surface area contributed by atoms with Crippen molar-refractivity contribution in [2.75, 3.05) is 13.1 Å². The fourth-order valence-electron chi connectivity index (χ4n) is 2.73. The van der Waals surface area contributed by atoms with E-state index in [1.54, 1.807) is 4.90 Å². The Balaban J connectivity index is 1.93. The number of hydrogen-bond donors (Lipinski definition) is 1. The topological polar surface area (TPSA) is 63.4 Å². The molecule has 0 radical (unpaired) electrons. The van der Waals surface area contributed by atoms with Crippen molar-refractivity contribution in [1.29, 1.82) is 0 Å². The van der Waals surface area contributed by atoms with Crippen molar-refractivity contribution in [3.63, 3.8) is 0 Å². The minimum atomic E-state index is -4.41. The summed E-state index contributed by atoms with van der Waals surface area (Å²) >= 11 is 0. The highest BCUT2D eigenvalue weighted by Crippen LogP contribution is 2.29. The molecule has 0 bridgehead atoms. The van der Waals surface area contributed by atoms with E-state index in [0.29, 0.717) is 37.9 Å². The van der Waals surface area contributed by atoms with Crippen LogP contribution in [0.3, 0.4) is 0 Å². The van der Waals surface area contributed by atoms with Crippen LogP contribution in [0.4, 0.5) is 13.2 Å². The molecule has 2 N–H and O–H groups in total. The standard InChI is InChI=1S/C17H19F3N2O2/c18-17(19,20)14-3-1-2-12(10-14)4-5-16(24)22-8-6-13(7-9-22)11-15(21)23/h1-5,10,13H,6-9,11H2,(H2,21,23)/b5-4+. The van der Waals surface area contributed by atoms with Crippen molar-refractivity contribution in [3.05, 3.63) is 41.5 Å². The van der Waals surface area contributed by atoms with Crippen molar-refractivity contribution in [2.24, 2.45) is 11.7 Å². The molecule has 1 aromatic carbocycles. The minimum Gasteiger partial charge on any atom is -0.370 e. The Morgan fingerprint density at radius 1 is 1.25 bits per heavy atom. The Hall–Kier alpha value is -2.31. The predicted octanol–water partition coefficient (Wildman–Crippen LogP) is 2.83. The lowest BCUT2D eigenvalue weighted by atomic mass is 9.93. The largest absolute Gasteiger partial charge is 0.416 e. The Labute approximate surface area is 138 Å². The molecule has 1 aromatic rings. The molecule has 0 spiro atoms. The Kier molecular flexibility index (Phi) is 5.64. The van der Waals surface area contributed by atoms with E-state index in [2.05, 4.69) is 0 Å². The van der Waals surface area contributed by atoms with Crippen molar-refractivity contribution in [1.82, 2.24) is 4.90 Å². The number of primary amides is 1. The van der Waals surface area contributed by atoms with Gasteiger partial charge in [-0.3, -0.25) is 9.59 Å². The molecule has 0 saturated carbocycles. The molecule has 130 valence electrons. The van der Waals surface area contributed by atoms with Crippen LogP contribution in [0, 0.1) is 5.92 Å². The third-order valence-electron chi connectivity index (χ3n) is 4.05. The van der Waals surface area contributed by atoms with Gasteiger partial charge in [0.15, 0.2) is 0 Å². The number of carbonyl (C=O) groups is 2. The van der Waals surface area contributed by atoms with E-state index in [4.69, 9.17) is 5.73 Å². The zero-order valence-corrected chi connectivity index (χ0v) is 13.1. The zero-order chi connectivity index (χ0) is 17.7. The van der Waals surface area contributed by atoms with Crippen LogP contribution in [0.15, 0.2) is 30.3 Å². The second kappa shape index (κ2) is 7.51. The van der Waals surface area contributed by atoms with Gasteiger partial charge in [0.05, 0.1) is 5.56 Å². The first-order valence-electron chi connectivity index (χ1n) is 7.68. The molecule has 7 heteroatoms. The molecule has 2 amide bonds. The number of halogens is 3. The lowest BCUT2D eigenvalue weighted by Gasteiger charge is -2.30.